The molecule has 1 aromatic carbocycles. The molecule has 1 aromatic heterocycles. The molecule has 0 atom stereocenters. The molecule has 0 saturated heterocycles. The van der Waals surface area contributed by atoms with Gasteiger partial charge in [-0.3, -0.25) is 0 Å². The van der Waals surface area contributed by atoms with Gasteiger partial charge in [0.05, 0.1) is 10.6 Å². The maximum absolute atomic E-state index is 6.25. The highest BCUT2D eigenvalue weighted by atomic mass is 35.5. The number of anilines is 1. The van der Waals surface area contributed by atoms with E-state index < -0.39 is 0 Å². The Morgan fingerprint density at radius 1 is 1.32 bits per heavy atom. The molecular weight excluding hydrogens is 262 g/mol. The van der Waals surface area contributed by atoms with Crippen LogP contribution in [0.25, 0.3) is 11.4 Å². The van der Waals surface area contributed by atoms with E-state index in [1.54, 1.807) is 12.1 Å². The summed E-state index contributed by atoms with van der Waals surface area (Å²) in [5.74, 6) is 0.696. The van der Waals surface area contributed by atoms with E-state index in [2.05, 4.69) is 22.4 Å². The molecule has 1 aliphatic carbocycles. The van der Waals surface area contributed by atoms with Crippen molar-refractivity contribution in [3.8, 4) is 11.4 Å². The van der Waals surface area contributed by atoms with Crippen LogP contribution in [0.3, 0.4) is 0 Å². The van der Waals surface area contributed by atoms with E-state index in [0.29, 0.717) is 16.5 Å². The van der Waals surface area contributed by atoms with Gasteiger partial charge in [0.1, 0.15) is 0 Å². The van der Waals surface area contributed by atoms with Crippen LogP contribution in [0.5, 0.6) is 0 Å². The summed E-state index contributed by atoms with van der Waals surface area (Å²) in [6, 6.07) is 5.38. The summed E-state index contributed by atoms with van der Waals surface area (Å²) in [6.07, 6.45) is 4.59. The van der Waals surface area contributed by atoms with E-state index in [0.717, 1.165) is 18.4 Å². The molecule has 2 N–H and O–H groups in total. The fraction of sp³-hybridized carbons (Fsp3) is 0.462. The van der Waals surface area contributed by atoms with Gasteiger partial charge in [-0.15, -0.1) is 5.10 Å². The number of halogens is 1. The highest BCUT2D eigenvalue weighted by Gasteiger charge is 2.34. The summed E-state index contributed by atoms with van der Waals surface area (Å²) in [4.78, 5) is 0. The first-order valence-corrected chi connectivity index (χ1v) is 6.82. The molecule has 0 amide bonds. The summed E-state index contributed by atoms with van der Waals surface area (Å²) < 4.78 is 1.90. The van der Waals surface area contributed by atoms with Gasteiger partial charge in [0.25, 0.3) is 0 Å². The lowest BCUT2D eigenvalue weighted by molar-refractivity contribution is 0.293. The zero-order chi connectivity index (χ0) is 13.5. The molecule has 6 heteroatoms. The molecule has 100 valence electrons. The number of benzene rings is 1. The molecular formula is C13H16ClN5. The Morgan fingerprint density at radius 3 is 2.79 bits per heavy atom. The zero-order valence-corrected chi connectivity index (χ0v) is 11.6. The van der Waals surface area contributed by atoms with Gasteiger partial charge >= 0.3 is 0 Å². The van der Waals surface area contributed by atoms with Gasteiger partial charge < -0.3 is 5.73 Å². The SMILES string of the molecule is CC1(n2nnnc2-c2cc(N)ccc2Cl)CCCC1. The summed E-state index contributed by atoms with van der Waals surface area (Å²) in [5, 5.41) is 12.8. The summed E-state index contributed by atoms with van der Waals surface area (Å²) in [7, 11) is 0. The van der Waals surface area contributed by atoms with E-state index in [1.165, 1.54) is 12.8 Å². The van der Waals surface area contributed by atoms with Crippen LogP contribution in [0.15, 0.2) is 18.2 Å². The van der Waals surface area contributed by atoms with Crippen molar-refractivity contribution < 1.29 is 0 Å². The Morgan fingerprint density at radius 2 is 2.05 bits per heavy atom. The Hall–Kier alpha value is -1.62. The Bertz CT molecular complexity index is 601. The van der Waals surface area contributed by atoms with Crippen molar-refractivity contribution in [1.82, 2.24) is 20.2 Å². The lowest BCUT2D eigenvalue weighted by Crippen LogP contribution is -2.28. The van der Waals surface area contributed by atoms with Crippen LogP contribution in [0.2, 0.25) is 5.02 Å². The highest BCUT2D eigenvalue weighted by Crippen LogP contribution is 2.39. The normalized spacial score (nSPS) is 17.8. The number of rotatable bonds is 2. The molecule has 1 heterocycles. The Kier molecular flexibility index (Phi) is 2.93. The van der Waals surface area contributed by atoms with E-state index in [9.17, 15) is 0 Å². The van der Waals surface area contributed by atoms with Crippen LogP contribution in [0.4, 0.5) is 5.69 Å². The van der Waals surface area contributed by atoms with Gasteiger partial charge in [0.2, 0.25) is 0 Å². The first-order chi connectivity index (χ1) is 9.10. The van der Waals surface area contributed by atoms with Crippen molar-refractivity contribution >= 4 is 17.3 Å². The van der Waals surface area contributed by atoms with E-state index in [1.807, 2.05) is 10.7 Å². The van der Waals surface area contributed by atoms with Gasteiger partial charge in [0, 0.05) is 11.3 Å². The monoisotopic (exact) mass is 277 g/mol. The second kappa shape index (κ2) is 4.49. The molecule has 1 fully saturated rings. The van der Waals surface area contributed by atoms with E-state index >= 15 is 0 Å². The quantitative estimate of drug-likeness (QED) is 0.857. The number of nitrogen functional groups attached to an aromatic ring is 1. The Labute approximate surface area is 116 Å². The van der Waals surface area contributed by atoms with Gasteiger partial charge in [-0.25, -0.2) is 4.68 Å². The average molecular weight is 278 g/mol. The molecule has 0 bridgehead atoms. The minimum atomic E-state index is -0.0211. The number of hydrogen-bond acceptors (Lipinski definition) is 4. The zero-order valence-electron chi connectivity index (χ0n) is 10.8. The largest absolute Gasteiger partial charge is 0.399 e. The summed E-state index contributed by atoms with van der Waals surface area (Å²) >= 11 is 6.25. The first kappa shape index (κ1) is 12.4. The molecule has 0 unspecified atom stereocenters. The molecule has 0 spiro atoms. The van der Waals surface area contributed by atoms with Gasteiger partial charge in [-0.2, -0.15) is 0 Å². The smallest absolute Gasteiger partial charge is 0.184 e. The molecule has 5 nitrogen and oxygen atoms in total. The maximum atomic E-state index is 6.25. The molecule has 1 saturated carbocycles. The second-order valence-corrected chi connectivity index (χ2v) is 5.76. The third kappa shape index (κ3) is 2.08. The Balaban J connectivity index is 2.12. The molecule has 3 rings (SSSR count). The van der Waals surface area contributed by atoms with Crippen LogP contribution in [-0.4, -0.2) is 20.2 Å². The molecule has 0 radical (unpaired) electrons. The number of nitrogens with two attached hydrogens (primary N) is 1. The third-order valence-electron chi connectivity index (χ3n) is 3.89. The van der Waals surface area contributed by atoms with Gasteiger partial charge in [-0.05, 0) is 48.4 Å². The topological polar surface area (TPSA) is 69.6 Å². The standard InChI is InChI=1S/C13H16ClN5/c1-13(6-2-3-7-13)19-12(16-17-18-19)10-8-9(15)4-5-11(10)14/h4-5,8H,2-3,6-7,15H2,1H3. The van der Waals surface area contributed by atoms with Crippen LogP contribution in [-0.2, 0) is 5.54 Å². The summed E-state index contributed by atoms with van der Waals surface area (Å²) in [6.45, 7) is 2.19. The van der Waals surface area contributed by atoms with Gasteiger partial charge in [-0.1, -0.05) is 24.4 Å². The van der Waals surface area contributed by atoms with Crippen molar-refractivity contribution in [2.45, 2.75) is 38.1 Å². The fourth-order valence-corrected chi connectivity index (χ4v) is 2.98. The van der Waals surface area contributed by atoms with Crippen molar-refractivity contribution in [2.75, 3.05) is 5.73 Å². The van der Waals surface area contributed by atoms with Crippen LogP contribution in [0, 0.1) is 0 Å². The number of hydrogen-bond donors (Lipinski definition) is 1. The third-order valence-corrected chi connectivity index (χ3v) is 4.22. The number of nitrogens with zero attached hydrogens (tertiary/aromatic N) is 4. The van der Waals surface area contributed by atoms with E-state index in [-0.39, 0.29) is 5.54 Å². The first-order valence-electron chi connectivity index (χ1n) is 6.44. The van der Waals surface area contributed by atoms with Gasteiger partial charge in [0.15, 0.2) is 5.82 Å². The molecule has 2 aromatic rings. The predicted molar refractivity (Wildman–Crippen MR) is 74.8 cm³/mol. The lowest BCUT2D eigenvalue weighted by atomic mass is 10.0. The number of aromatic nitrogens is 4. The van der Waals surface area contributed by atoms with Crippen LogP contribution < -0.4 is 5.73 Å². The average Bonchev–Trinajstić information content (AvgIpc) is 3.01. The second-order valence-electron chi connectivity index (χ2n) is 5.36. The highest BCUT2D eigenvalue weighted by molar-refractivity contribution is 6.33. The fourth-order valence-electron chi connectivity index (χ4n) is 2.78. The lowest BCUT2D eigenvalue weighted by Gasteiger charge is -2.24. The van der Waals surface area contributed by atoms with Crippen molar-refractivity contribution in [3.05, 3.63) is 23.2 Å². The van der Waals surface area contributed by atoms with Crippen LogP contribution in [0.1, 0.15) is 32.6 Å². The molecule has 0 aliphatic heterocycles. The minimum Gasteiger partial charge on any atom is -0.399 e. The summed E-state index contributed by atoms with van der Waals surface area (Å²) in [5.41, 5.74) is 7.26. The van der Waals surface area contributed by atoms with Crippen molar-refractivity contribution in [1.29, 1.82) is 0 Å². The van der Waals surface area contributed by atoms with Crippen LogP contribution >= 0.6 is 11.6 Å². The predicted octanol–water partition coefficient (Wildman–Crippen LogP) is 2.86. The molecule has 19 heavy (non-hydrogen) atoms. The number of tetrazole rings is 1. The van der Waals surface area contributed by atoms with Crippen molar-refractivity contribution in [3.63, 3.8) is 0 Å². The minimum absolute atomic E-state index is 0.0211. The molecule has 1 aliphatic rings. The van der Waals surface area contributed by atoms with Crippen molar-refractivity contribution in [2.24, 2.45) is 0 Å². The van der Waals surface area contributed by atoms with E-state index in [4.69, 9.17) is 17.3 Å². The maximum Gasteiger partial charge on any atom is 0.184 e.